The summed E-state index contributed by atoms with van der Waals surface area (Å²) in [5.41, 5.74) is 8.77. The molecule has 1 unspecified atom stereocenters. The summed E-state index contributed by atoms with van der Waals surface area (Å²) in [5.74, 6) is -0.643. The van der Waals surface area contributed by atoms with Crippen LogP contribution >= 0.6 is 0 Å². The Hall–Kier alpha value is -2.81. The maximum atomic E-state index is 15.3. The summed E-state index contributed by atoms with van der Waals surface area (Å²) >= 11 is 0. The van der Waals surface area contributed by atoms with Gasteiger partial charge in [-0.25, -0.2) is 4.39 Å². The predicted octanol–water partition coefficient (Wildman–Crippen LogP) is 3.35. The van der Waals surface area contributed by atoms with E-state index in [2.05, 4.69) is 5.32 Å². The number of carbonyl (C=O) groups is 2. The van der Waals surface area contributed by atoms with E-state index < -0.39 is 12.2 Å². The molecule has 4 rings (SSSR count). The van der Waals surface area contributed by atoms with E-state index >= 15 is 4.39 Å². The summed E-state index contributed by atoms with van der Waals surface area (Å²) in [6.07, 6.45) is 1.03. The molecule has 4 atom stereocenters. The largest absolute Gasteiger partial charge is 0.371 e. The molecular weight excluding hydrogens is 461 g/mol. The summed E-state index contributed by atoms with van der Waals surface area (Å²) in [6.45, 7) is 5.19. The predicted molar refractivity (Wildman–Crippen MR) is 136 cm³/mol. The number of aryl methyl sites for hydroxylation is 1. The highest BCUT2D eigenvalue weighted by atomic mass is 19.1. The Morgan fingerprint density at radius 3 is 2.78 bits per heavy atom. The lowest BCUT2D eigenvalue weighted by molar-refractivity contribution is -0.155. The second kappa shape index (κ2) is 12.0. The van der Waals surface area contributed by atoms with Crippen molar-refractivity contribution in [3.05, 3.63) is 59.4 Å². The number of hydrogen-bond acceptors (Lipinski definition) is 5. The molecule has 1 heterocycles. The summed E-state index contributed by atoms with van der Waals surface area (Å²) in [5, 5.41) is 2.73. The maximum absolute atomic E-state index is 15.3. The minimum Gasteiger partial charge on any atom is -0.371 e. The van der Waals surface area contributed by atoms with E-state index in [4.69, 9.17) is 15.2 Å². The Labute approximate surface area is 212 Å². The van der Waals surface area contributed by atoms with Gasteiger partial charge in [-0.05, 0) is 50.3 Å². The third-order valence-electron chi connectivity index (χ3n) is 6.99. The number of halogens is 1. The van der Waals surface area contributed by atoms with E-state index in [1.54, 1.807) is 6.07 Å². The molecule has 1 saturated heterocycles. The Kier molecular flexibility index (Phi) is 8.72. The molecule has 3 N–H and O–H groups in total. The van der Waals surface area contributed by atoms with Crippen LogP contribution < -0.4 is 11.1 Å². The van der Waals surface area contributed by atoms with Gasteiger partial charge in [0.25, 0.3) is 0 Å². The molecule has 0 spiro atoms. The zero-order valence-electron chi connectivity index (χ0n) is 21.0. The normalized spacial score (nSPS) is 22.9. The highest BCUT2D eigenvalue weighted by Gasteiger charge is 2.37. The number of ether oxygens (including phenoxy) is 2. The molecule has 1 aliphatic carbocycles. The second-order valence-electron chi connectivity index (χ2n) is 9.72. The van der Waals surface area contributed by atoms with Crippen molar-refractivity contribution in [2.24, 2.45) is 11.7 Å². The number of rotatable bonds is 8. The Morgan fingerprint density at radius 2 is 2.06 bits per heavy atom. The number of nitrogens with one attached hydrogen (secondary N) is 1. The molecule has 36 heavy (non-hydrogen) atoms. The number of nitrogens with zero attached hydrogens (tertiary/aromatic N) is 1. The van der Waals surface area contributed by atoms with Gasteiger partial charge in [0.1, 0.15) is 24.6 Å². The molecule has 0 bridgehead atoms. The first-order chi connectivity index (χ1) is 17.4. The fourth-order valence-electron chi connectivity index (χ4n) is 5.25. The van der Waals surface area contributed by atoms with Gasteiger partial charge in [-0.3, -0.25) is 9.59 Å². The third-order valence-corrected chi connectivity index (χ3v) is 6.99. The molecule has 1 aliphatic heterocycles. The van der Waals surface area contributed by atoms with Crippen LogP contribution in [0.3, 0.4) is 0 Å². The second-order valence-corrected chi connectivity index (χ2v) is 9.72. The number of benzene rings is 2. The summed E-state index contributed by atoms with van der Waals surface area (Å²) in [6, 6.07) is 12.5. The van der Waals surface area contributed by atoms with E-state index in [9.17, 15) is 9.59 Å². The molecule has 1 saturated carbocycles. The Morgan fingerprint density at radius 1 is 1.25 bits per heavy atom. The smallest absolute Gasteiger partial charge is 0.246 e. The number of amides is 2. The minimum absolute atomic E-state index is 0.0631. The van der Waals surface area contributed by atoms with Gasteiger partial charge in [-0.15, -0.1) is 0 Å². The average Bonchev–Trinajstić information content (AvgIpc) is 3.30. The zero-order chi connectivity index (χ0) is 25.7. The van der Waals surface area contributed by atoms with E-state index in [1.807, 2.05) is 49.1 Å². The monoisotopic (exact) mass is 497 g/mol. The molecule has 194 valence electrons. The van der Waals surface area contributed by atoms with Crippen LogP contribution in [0.2, 0.25) is 0 Å². The van der Waals surface area contributed by atoms with Crippen LogP contribution in [0, 0.1) is 18.7 Å². The molecule has 2 aliphatic rings. The van der Waals surface area contributed by atoms with Gasteiger partial charge in [-0.2, -0.15) is 0 Å². The van der Waals surface area contributed by atoms with Crippen molar-refractivity contribution in [1.82, 2.24) is 10.2 Å². The highest BCUT2D eigenvalue weighted by molar-refractivity contribution is 5.79. The standard InChI is InChI=1S/C28H36FN3O4/c1-3-31-25(33)17-36-27(22-8-5-9-23(29)26(22)19-7-4-6-18(2)14-19)24-16-32(12-13-35-24)28(34)20-10-11-21(30)15-20/h4-9,14,20-21,24,27H,3,10-13,15-17,30H2,1-2H3,(H,31,33)/t20-,21+,24?,27-/m1/s1. The van der Waals surface area contributed by atoms with Crippen molar-refractivity contribution in [3.63, 3.8) is 0 Å². The average molecular weight is 498 g/mol. The number of hydrogen-bond donors (Lipinski definition) is 2. The number of nitrogens with two attached hydrogens (primary N) is 1. The number of likely N-dealkylation sites (N-methyl/N-ethyl adjacent to an activating group) is 1. The van der Waals surface area contributed by atoms with Crippen LogP contribution in [0.4, 0.5) is 4.39 Å². The Balaban J connectivity index is 1.65. The van der Waals surface area contributed by atoms with Crippen molar-refractivity contribution in [2.45, 2.75) is 51.4 Å². The van der Waals surface area contributed by atoms with Crippen LogP contribution in [0.1, 0.15) is 43.4 Å². The Bertz CT molecular complexity index is 1080. The van der Waals surface area contributed by atoms with Gasteiger partial charge in [0, 0.05) is 37.2 Å². The number of carbonyl (C=O) groups excluding carboxylic acids is 2. The molecule has 2 amide bonds. The van der Waals surface area contributed by atoms with Crippen molar-refractivity contribution >= 4 is 11.8 Å². The van der Waals surface area contributed by atoms with E-state index in [-0.39, 0.29) is 36.2 Å². The van der Waals surface area contributed by atoms with Crippen LogP contribution in [0.15, 0.2) is 42.5 Å². The van der Waals surface area contributed by atoms with Gasteiger partial charge >= 0.3 is 0 Å². The van der Waals surface area contributed by atoms with Gasteiger partial charge in [0.15, 0.2) is 0 Å². The van der Waals surface area contributed by atoms with Crippen LogP contribution in [0.25, 0.3) is 11.1 Å². The molecule has 2 aromatic carbocycles. The maximum Gasteiger partial charge on any atom is 0.246 e. The van der Waals surface area contributed by atoms with Gasteiger partial charge in [-0.1, -0.05) is 42.0 Å². The SMILES string of the molecule is CCNC(=O)CO[C@H](c1cccc(F)c1-c1cccc(C)c1)C1CN(C(=O)[C@@H]2CC[C@H](N)C2)CCO1. The minimum atomic E-state index is -0.750. The summed E-state index contributed by atoms with van der Waals surface area (Å²) in [7, 11) is 0. The van der Waals surface area contributed by atoms with Gasteiger partial charge < -0.3 is 25.4 Å². The molecule has 0 radical (unpaired) electrons. The molecular formula is C28H36FN3O4. The molecule has 2 fully saturated rings. The quantitative estimate of drug-likeness (QED) is 0.584. The first-order valence-corrected chi connectivity index (χ1v) is 12.8. The topological polar surface area (TPSA) is 93.9 Å². The number of morpholine rings is 1. The van der Waals surface area contributed by atoms with Crippen LogP contribution in [-0.2, 0) is 19.1 Å². The third kappa shape index (κ3) is 6.11. The van der Waals surface area contributed by atoms with Crippen molar-refractivity contribution < 1.29 is 23.5 Å². The van der Waals surface area contributed by atoms with Crippen molar-refractivity contribution in [3.8, 4) is 11.1 Å². The van der Waals surface area contributed by atoms with Crippen LogP contribution in [-0.4, -0.2) is 61.7 Å². The lowest BCUT2D eigenvalue weighted by Crippen LogP contribution is -2.50. The van der Waals surface area contributed by atoms with E-state index in [0.29, 0.717) is 43.8 Å². The first kappa shape index (κ1) is 26.3. The molecule has 7 nitrogen and oxygen atoms in total. The van der Waals surface area contributed by atoms with Crippen LogP contribution in [0.5, 0.6) is 0 Å². The first-order valence-electron chi connectivity index (χ1n) is 12.8. The molecule has 8 heteroatoms. The lowest BCUT2D eigenvalue weighted by atomic mass is 9.91. The van der Waals surface area contributed by atoms with Gasteiger partial charge in [0.2, 0.25) is 11.8 Å². The molecule has 2 aromatic rings. The lowest BCUT2D eigenvalue weighted by Gasteiger charge is -2.38. The summed E-state index contributed by atoms with van der Waals surface area (Å²) < 4.78 is 27.6. The van der Waals surface area contributed by atoms with Crippen molar-refractivity contribution in [1.29, 1.82) is 0 Å². The summed E-state index contributed by atoms with van der Waals surface area (Å²) in [4.78, 5) is 27.3. The highest BCUT2D eigenvalue weighted by Crippen LogP contribution is 2.37. The fraction of sp³-hybridized carbons (Fsp3) is 0.500. The van der Waals surface area contributed by atoms with Gasteiger partial charge in [0.05, 0.1) is 6.61 Å². The van der Waals surface area contributed by atoms with E-state index in [0.717, 1.165) is 24.0 Å². The van der Waals surface area contributed by atoms with E-state index in [1.165, 1.54) is 6.07 Å². The molecule has 0 aromatic heterocycles. The fourth-order valence-corrected chi connectivity index (χ4v) is 5.25. The zero-order valence-corrected chi connectivity index (χ0v) is 21.0. The van der Waals surface area contributed by atoms with Crippen molar-refractivity contribution in [2.75, 3.05) is 32.8 Å².